The summed E-state index contributed by atoms with van der Waals surface area (Å²) in [5.41, 5.74) is 0. The van der Waals surface area contributed by atoms with Crippen LogP contribution in [0.4, 0.5) is 0 Å². The third-order valence-corrected chi connectivity index (χ3v) is 2.05. The summed E-state index contributed by atoms with van der Waals surface area (Å²) in [7, 11) is 0. The zero-order chi connectivity index (χ0) is 11.0. The Morgan fingerprint density at radius 2 is 1.79 bits per heavy atom. The van der Waals surface area contributed by atoms with Gasteiger partial charge in [-0.1, -0.05) is 13.8 Å². The van der Waals surface area contributed by atoms with E-state index in [-0.39, 0.29) is 18.1 Å². The molecule has 0 aliphatic rings. The smallest absolute Gasteiger partial charge is 0.227 e. The predicted octanol–water partition coefficient (Wildman–Crippen LogP) is 0.423. The molecule has 0 spiro atoms. The fraction of sp³-hybridized carbons (Fsp3) is 0.800. The average molecular weight is 200 g/mol. The van der Waals surface area contributed by atoms with Crippen LogP contribution in [0, 0.1) is 0 Å². The first-order chi connectivity index (χ1) is 6.60. The SMILES string of the molecule is CCN(CC)CCNC(=O)CC(C)=O. The lowest BCUT2D eigenvalue weighted by molar-refractivity contribution is -0.127. The molecule has 0 heterocycles. The van der Waals surface area contributed by atoms with Crippen molar-refractivity contribution in [3.63, 3.8) is 0 Å². The molecule has 0 saturated heterocycles. The molecule has 0 aromatic carbocycles. The molecule has 1 amide bonds. The van der Waals surface area contributed by atoms with E-state index < -0.39 is 0 Å². The Balaban J connectivity index is 3.52. The number of hydrogen-bond acceptors (Lipinski definition) is 3. The van der Waals surface area contributed by atoms with Gasteiger partial charge >= 0.3 is 0 Å². The van der Waals surface area contributed by atoms with Crippen LogP contribution in [0.2, 0.25) is 0 Å². The van der Waals surface area contributed by atoms with Crippen LogP contribution in [0.1, 0.15) is 27.2 Å². The number of carbonyl (C=O) groups excluding carboxylic acids is 2. The van der Waals surface area contributed by atoms with Crippen molar-refractivity contribution >= 4 is 11.7 Å². The fourth-order valence-electron chi connectivity index (χ4n) is 1.18. The second kappa shape index (κ2) is 7.50. The van der Waals surface area contributed by atoms with Crippen molar-refractivity contribution in [2.75, 3.05) is 26.2 Å². The van der Waals surface area contributed by atoms with Crippen LogP contribution in [0.3, 0.4) is 0 Å². The zero-order valence-corrected chi connectivity index (χ0v) is 9.30. The van der Waals surface area contributed by atoms with Gasteiger partial charge in [0, 0.05) is 13.1 Å². The summed E-state index contributed by atoms with van der Waals surface area (Å²) in [6.07, 6.45) is -0.00174. The van der Waals surface area contributed by atoms with Crippen molar-refractivity contribution in [2.45, 2.75) is 27.2 Å². The van der Waals surface area contributed by atoms with Gasteiger partial charge in [0.2, 0.25) is 5.91 Å². The van der Waals surface area contributed by atoms with Gasteiger partial charge in [-0.3, -0.25) is 9.59 Å². The minimum Gasteiger partial charge on any atom is -0.354 e. The van der Waals surface area contributed by atoms with Gasteiger partial charge in [0.05, 0.1) is 6.42 Å². The maximum atomic E-state index is 11.1. The summed E-state index contributed by atoms with van der Waals surface area (Å²) in [4.78, 5) is 23.9. The Bertz CT molecular complexity index is 189. The van der Waals surface area contributed by atoms with Crippen molar-refractivity contribution in [1.29, 1.82) is 0 Å². The maximum absolute atomic E-state index is 11.1. The number of nitrogens with zero attached hydrogens (tertiary/aromatic N) is 1. The van der Waals surface area contributed by atoms with Crippen molar-refractivity contribution in [2.24, 2.45) is 0 Å². The number of hydrogen-bond donors (Lipinski definition) is 1. The number of rotatable bonds is 7. The molecule has 0 bridgehead atoms. The Kier molecular flexibility index (Phi) is 7.02. The minimum atomic E-state index is -0.176. The highest BCUT2D eigenvalue weighted by atomic mass is 16.2. The van der Waals surface area contributed by atoms with Crippen LogP contribution in [0.15, 0.2) is 0 Å². The molecule has 0 saturated carbocycles. The normalized spacial score (nSPS) is 10.3. The molecule has 0 rings (SSSR count). The zero-order valence-electron chi connectivity index (χ0n) is 9.30. The van der Waals surface area contributed by atoms with E-state index in [1.54, 1.807) is 0 Å². The van der Waals surface area contributed by atoms with E-state index in [0.29, 0.717) is 6.54 Å². The van der Waals surface area contributed by atoms with Crippen LogP contribution in [-0.4, -0.2) is 42.8 Å². The molecule has 0 fully saturated rings. The molecule has 0 atom stereocenters. The van der Waals surface area contributed by atoms with E-state index in [9.17, 15) is 9.59 Å². The van der Waals surface area contributed by atoms with Crippen LogP contribution in [0.25, 0.3) is 0 Å². The van der Waals surface area contributed by atoms with Crippen LogP contribution in [-0.2, 0) is 9.59 Å². The monoisotopic (exact) mass is 200 g/mol. The van der Waals surface area contributed by atoms with E-state index >= 15 is 0 Å². The summed E-state index contributed by atoms with van der Waals surface area (Å²) >= 11 is 0. The second-order valence-electron chi connectivity index (χ2n) is 3.26. The molecule has 14 heavy (non-hydrogen) atoms. The highest BCUT2D eigenvalue weighted by molar-refractivity contribution is 5.96. The Labute approximate surface area is 85.7 Å². The molecular formula is C10H20N2O2. The summed E-state index contributed by atoms with van der Waals surface area (Å²) in [5, 5.41) is 2.71. The number of likely N-dealkylation sites (N-methyl/N-ethyl adjacent to an activating group) is 1. The first-order valence-electron chi connectivity index (χ1n) is 5.08. The van der Waals surface area contributed by atoms with E-state index in [2.05, 4.69) is 24.1 Å². The van der Waals surface area contributed by atoms with Crippen molar-refractivity contribution in [3.05, 3.63) is 0 Å². The maximum Gasteiger partial charge on any atom is 0.227 e. The minimum absolute atomic E-state index is 0.00174. The molecule has 0 aliphatic heterocycles. The predicted molar refractivity (Wildman–Crippen MR) is 56.1 cm³/mol. The Hall–Kier alpha value is -0.900. The van der Waals surface area contributed by atoms with Gasteiger partial charge in [-0.25, -0.2) is 0 Å². The third-order valence-electron chi connectivity index (χ3n) is 2.05. The summed E-state index contributed by atoms with van der Waals surface area (Å²) in [6.45, 7) is 9.02. The molecule has 0 aliphatic carbocycles. The van der Waals surface area contributed by atoms with E-state index in [0.717, 1.165) is 19.6 Å². The van der Waals surface area contributed by atoms with Gasteiger partial charge in [-0.05, 0) is 20.0 Å². The molecule has 0 unspecified atom stereocenters. The second-order valence-corrected chi connectivity index (χ2v) is 3.26. The quantitative estimate of drug-likeness (QED) is 0.606. The lowest BCUT2D eigenvalue weighted by Gasteiger charge is -2.17. The topological polar surface area (TPSA) is 49.4 Å². The van der Waals surface area contributed by atoms with E-state index in [1.165, 1.54) is 6.92 Å². The van der Waals surface area contributed by atoms with Gasteiger partial charge in [0.15, 0.2) is 0 Å². The molecule has 82 valence electrons. The largest absolute Gasteiger partial charge is 0.354 e. The van der Waals surface area contributed by atoms with Crippen molar-refractivity contribution in [3.8, 4) is 0 Å². The van der Waals surface area contributed by atoms with Crippen molar-refractivity contribution in [1.82, 2.24) is 10.2 Å². The fourth-order valence-corrected chi connectivity index (χ4v) is 1.18. The van der Waals surface area contributed by atoms with Crippen LogP contribution < -0.4 is 5.32 Å². The summed E-state index contributed by atoms with van der Waals surface area (Å²) in [6, 6.07) is 0. The lowest BCUT2D eigenvalue weighted by atomic mass is 10.3. The number of nitrogens with one attached hydrogen (secondary N) is 1. The first kappa shape index (κ1) is 13.1. The molecular weight excluding hydrogens is 180 g/mol. The third kappa shape index (κ3) is 6.60. The number of Topliss-reactive ketones (excluding diaryl/α,β-unsaturated/α-hetero) is 1. The summed E-state index contributed by atoms with van der Waals surface area (Å²) in [5.74, 6) is -0.269. The van der Waals surface area contributed by atoms with Crippen LogP contribution >= 0.6 is 0 Å². The van der Waals surface area contributed by atoms with Crippen molar-refractivity contribution < 1.29 is 9.59 Å². The highest BCUT2D eigenvalue weighted by Crippen LogP contribution is 1.85. The van der Waals surface area contributed by atoms with E-state index in [4.69, 9.17) is 0 Å². The van der Waals surface area contributed by atoms with E-state index in [1.807, 2.05) is 0 Å². The highest BCUT2D eigenvalue weighted by Gasteiger charge is 2.04. The van der Waals surface area contributed by atoms with Gasteiger partial charge in [-0.15, -0.1) is 0 Å². The molecule has 4 heteroatoms. The molecule has 0 aromatic heterocycles. The lowest BCUT2D eigenvalue weighted by Crippen LogP contribution is -2.35. The first-order valence-corrected chi connectivity index (χ1v) is 5.08. The van der Waals surface area contributed by atoms with Crippen LogP contribution in [0.5, 0.6) is 0 Å². The molecule has 1 N–H and O–H groups in total. The van der Waals surface area contributed by atoms with Gasteiger partial charge in [0.1, 0.15) is 5.78 Å². The molecule has 0 radical (unpaired) electrons. The van der Waals surface area contributed by atoms with Gasteiger partial charge < -0.3 is 10.2 Å². The van der Waals surface area contributed by atoms with Gasteiger partial charge in [0.25, 0.3) is 0 Å². The number of ketones is 1. The average Bonchev–Trinajstić information content (AvgIpc) is 2.11. The standard InChI is InChI=1S/C10H20N2O2/c1-4-12(5-2)7-6-11-10(14)8-9(3)13/h4-8H2,1-3H3,(H,11,14). The summed E-state index contributed by atoms with van der Waals surface area (Å²) < 4.78 is 0. The number of amides is 1. The number of carbonyl (C=O) groups is 2. The Morgan fingerprint density at radius 3 is 2.21 bits per heavy atom. The molecule has 0 aromatic rings. The Morgan fingerprint density at radius 1 is 1.21 bits per heavy atom. The molecule has 4 nitrogen and oxygen atoms in total. The van der Waals surface area contributed by atoms with Gasteiger partial charge in [-0.2, -0.15) is 0 Å².